The maximum absolute atomic E-state index is 12.3. The van der Waals surface area contributed by atoms with Crippen LogP contribution in [0.2, 0.25) is 0 Å². The van der Waals surface area contributed by atoms with Crippen LogP contribution in [0, 0.1) is 0 Å². The SMILES string of the molecule is Cl.NCc1ccc(C(=O)NC2CCCc3cn[nH]c32)cc1. The van der Waals surface area contributed by atoms with E-state index in [0.29, 0.717) is 12.1 Å². The van der Waals surface area contributed by atoms with Gasteiger partial charge in [0.15, 0.2) is 0 Å². The summed E-state index contributed by atoms with van der Waals surface area (Å²) in [6, 6.07) is 7.43. The van der Waals surface area contributed by atoms with Crippen molar-refractivity contribution >= 4 is 18.3 Å². The van der Waals surface area contributed by atoms with Gasteiger partial charge >= 0.3 is 0 Å². The van der Waals surface area contributed by atoms with Crippen molar-refractivity contribution in [1.82, 2.24) is 15.5 Å². The van der Waals surface area contributed by atoms with Crippen LogP contribution in [0.3, 0.4) is 0 Å². The van der Waals surface area contributed by atoms with Crippen LogP contribution in [-0.2, 0) is 13.0 Å². The van der Waals surface area contributed by atoms with Crippen molar-refractivity contribution in [2.24, 2.45) is 5.73 Å². The highest BCUT2D eigenvalue weighted by atomic mass is 35.5. The first-order valence-corrected chi connectivity index (χ1v) is 6.90. The average molecular weight is 307 g/mol. The van der Waals surface area contributed by atoms with Crippen LogP contribution in [0.5, 0.6) is 0 Å². The number of benzene rings is 1. The number of nitrogens with zero attached hydrogens (tertiary/aromatic N) is 1. The molecule has 0 bridgehead atoms. The molecule has 1 amide bonds. The molecule has 0 saturated heterocycles. The number of nitrogens with two attached hydrogens (primary N) is 1. The Hall–Kier alpha value is -1.85. The Labute approximate surface area is 129 Å². The summed E-state index contributed by atoms with van der Waals surface area (Å²) in [4.78, 5) is 12.3. The van der Waals surface area contributed by atoms with E-state index in [9.17, 15) is 4.79 Å². The number of aryl methyl sites for hydroxylation is 1. The van der Waals surface area contributed by atoms with Gasteiger partial charge in [-0.05, 0) is 42.5 Å². The lowest BCUT2D eigenvalue weighted by atomic mass is 9.93. The zero-order valence-electron chi connectivity index (χ0n) is 11.6. The lowest BCUT2D eigenvalue weighted by Gasteiger charge is -2.22. The molecular formula is C15H19ClN4O. The van der Waals surface area contributed by atoms with E-state index >= 15 is 0 Å². The molecule has 1 unspecified atom stereocenters. The van der Waals surface area contributed by atoms with Gasteiger partial charge in [-0.25, -0.2) is 0 Å². The number of fused-ring (bicyclic) bond motifs is 1. The molecule has 1 atom stereocenters. The van der Waals surface area contributed by atoms with Crippen molar-refractivity contribution in [2.45, 2.75) is 31.8 Å². The Morgan fingerprint density at radius 1 is 1.38 bits per heavy atom. The minimum absolute atomic E-state index is 0. The fourth-order valence-electron chi connectivity index (χ4n) is 2.64. The lowest BCUT2D eigenvalue weighted by Crippen LogP contribution is -2.31. The smallest absolute Gasteiger partial charge is 0.251 e. The van der Waals surface area contributed by atoms with E-state index in [4.69, 9.17) is 5.73 Å². The standard InChI is InChI=1S/C15H18N4O.ClH/c16-8-10-4-6-11(7-5-10)15(20)18-13-3-1-2-12-9-17-19-14(12)13;/h4-7,9,13H,1-3,8,16H2,(H,17,19)(H,18,20);1H. The van der Waals surface area contributed by atoms with Gasteiger partial charge in [0.05, 0.1) is 17.9 Å². The summed E-state index contributed by atoms with van der Waals surface area (Å²) in [6.45, 7) is 0.488. The molecule has 0 saturated carbocycles. The molecule has 1 aromatic carbocycles. The molecule has 2 aromatic rings. The van der Waals surface area contributed by atoms with E-state index in [1.54, 1.807) is 0 Å². The van der Waals surface area contributed by atoms with Gasteiger partial charge < -0.3 is 11.1 Å². The number of rotatable bonds is 3. The molecule has 0 aliphatic heterocycles. The predicted molar refractivity (Wildman–Crippen MR) is 83.3 cm³/mol. The molecule has 1 aliphatic rings. The molecule has 3 rings (SSSR count). The Kier molecular flexibility index (Phi) is 4.98. The molecule has 1 aromatic heterocycles. The first kappa shape index (κ1) is 15.5. The molecule has 6 heteroatoms. The third-order valence-electron chi connectivity index (χ3n) is 3.80. The quantitative estimate of drug-likeness (QED) is 0.812. The summed E-state index contributed by atoms with van der Waals surface area (Å²) in [6.07, 6.45) is 4.90. The molecule has 0 radical (unpaired) electrons. The fraction of sp³-hybridized carbons (Fsp3) is 0.333. The molecule has 21 heavy (non-hydrogen) atoms. The maximum Gasteiger partial charge on any atom is 0.251 e. The third-order valence-corrected chi connectivity index (χ3v) is 3.80. The van der Waals surface area contributed by atoms with E-state index in [0.717, 1.165) is 30.5 Å². The normalized spacial score (nSPS) is 16.7. The average Bonchev–Trinajstić information content (AvgIpc) is 2.97. The highest BCUT2D eigenvalue weighted by Gasteiger charge is 2.23. The zero-order chi connectivity index (χ0) is 13.9. The zero-order valence-corrected chi connectivity index (χ0v) is 12.5. The van der Waals surface area contributed by atoms with Crippen LogP contribution in [0.15, 0.2) is 30.5 Å². The van der Waals surface area contributed by atoms with Crippen LogP contribution in [0.1, 0.15) is 46.1 Å². The number of halogens is 1. The number of hydrogen-bond donors (Lipinski definition) is 3. The topological polar surface area (TPSA) is 83.8 Å². The van der Waals surface area contributed by atoms with Crippen LogP contribution in [-0.4, -0.2) is 16.1 Å². The number of carbonyl (C=O) groups excluding carboxylic acids is 1. The minimum Gasteiger partial charge on any atom is -0.344 e. The predicted octanol–water partition coefficient (Wildman–Crippen LogP) is 2.10. The van der Waals surface area contributed by atoms with E-state index in [1.807, 2.05) is 30.5 Å². The molecule has 0 fully saturated rings. The summed E-state index contributed by atoms with van der Waals surface area (Å²) < 4.78 is 0. The van der Waals surface area contributed by atoms with E-state index in [1.165, 1.54) is 5.56 Å². The Balaban J connectivity index is 0.00000161. The second-order valence-electron chi connectivity index (χ2n) is 5.13. The summed E-state index contributed by atoms with van der Waals surface area (Å²) in [5.74, 6) is -0.0546. The number of hydrogen-bond acceptors (Lipinski definition) is 3. The van der Waals surface area contributed by atoms with Gasteiger partial charge in [0.1, 0.15) is 0 Å². The van der Waals surface area contributed by atoms with Gasteiger partial charge in [0.2, 0.25) is 0 Å². The van der Waals surface area contributed by atoms with Gasteiger partial charge in [-0.2, -0.15) is 5.10 Å². The maximum atomic E-state index is 12.3. The molecule has 5 nitrogen and oxygen atoms in total. The molecule has 4 N–H and O–H groups in total. The van der Waals surface area contributed by atoms with Gasteiger partial charge in [-0.3, -0.25) is 9.89 Å². The van der Waals surface area contributed by atoms with Crippen LogP contribution in [0.25, 0.3) is 0 Å². The van der Waals surface area contributed by atoms with Crippen molar-refractivity contribution in [2.75, 3.05) is 0 Å². The summed E-state index contributed by atoms with van der Waals surface area (Å²) in [7, 11) is 0. The minimum atomic E-state index is -0.0546. The Morgan fingerprint density at radius 3 is 2.86 bits per heavy atom. The number of amides is 1. The van der Waals surface area contributed by atoms with Crippen molar-refractivity contribution in [3.63, 3.8) is 0 Å². The molecule has 112 valence electrons. The number of nitrogens with one attached hydrogen (secondary N) is 2. The lowest BCUT2D eigenvalue weighted by molar-refractivity contribution is 0.0932. The van der Waals surface area contributed by atoms with Crippen molar-refractivity contribution < 1.29 is 4.79 Å². The van der Waals surface area contributed by atoms with Gasteiger partial charge in [0, 0.05) is 12.1 Å². The van der Waals surface area contributed by atoms with E-state index in [2.05, 4.69) is 15.5 Å². The number of aromatic nitrogens is 2. The summed E-state index contributed by atoms with van der Waals surface area (Å²) >= 11 is 0. The molecule has 0 spiro atoms. The number of carbonyl (C=O) groups is 1. The number of aromatic amines is 1. The molecule has 1 aliphatic carbocycles. The van der Waals surface area contributed by atoms with E-state index in [-0.39, 0.29) is 24.4 Å². The molecule has 1 heterocycles. The fourth-order valence-corrected chi connectivity index (χ4v) is 2.64. The van der Waals surface area contributed by atoms with Gasteiger partial charge in [-0.15, -0.1) is 12.4 Å². The van der Waals surface area contributed by atoms with Crippen LogP contribution < -0.4 is 11.1 Å². The molecular weight excluding hydrogens is 288 g/mol. The highest BCUT2D eigenvalue weighted by molar-refractivity contribution is 5.94. The first-order chi connectivity index (χ1) is 9.78. The third kappa shape index (κ3) is 3.25. The Morgan fingerprint density at radius 2 is 2.14 bits per heavy atom. The van der Waals surface area contributed by atoms with Crippen molar-refractivity contribution in [1.29, 1.82) is 0 Å². The monoisotopic (exact) mass is 306 g/mol. The second-order valence-corrected chi connectivity index (χ2v) is 5.13. The van der Waals surface area contributed by atoms with E-state index < -0.39 is 0 Å². The van der Waals surface area contributed by atoms with Crippen molar-refractivity contribution in [3.05, 3.63) is 52.8 Å². The van der Waals surface area contributed by atoms with Crippen molar-refractivity contribution in [3.8, 4) is 0 Å². The summed E-state index contributed by atoms with van der Waals surface area (Å²) in [5, 5.41) is 10.1. The summed E-state index contributed by atoms with van der Waals surface area (Å²) in [5.41, 5.74) is 9.49. The van der Waals surface area contributed by atoms with Crippen LogP contribution in [0.4, 0.5) is 0 Å². The van der Waals surface area contributed by atoms with Gasteiger partial charge in [-0.1, -0.05) is 12.1 Å². The second kappa shape index (κ2) is 6.74. The highest BCUT2D eigenvalue weighted by Crippen LogP contribution is 2.27. The van der Waals surface area contributed by atoms with Crippen LogP contribution >= 0.6 is 12.4 Å². The number of H-pyrrole nitrogens is 1. The largest absolute Gasteiger partial charge is 0.344 e. The Bertz CT molecular complexity index is 608. The van der Waals surface area contributed by atoms with Gasteiger partial charge in [0.25, 0.3) is 5.91 Å². The first-order valence-electron chi connectivity index (χ1n) is 6.90.